The van der Waals surface area contributed by atoms with E-state index in [0.717, 1.165) is 11.1 Å². The number of nitrogens with zero attached hydrogens (tertiary/aromatic N) is 1. The van der Waals surface area contributed by atoms with Gasteiger partial charge < -0.3 is 0 Å². The zero-order valence-corrected chi connectivity index (χ0v) is 14.3. The van der Waals surface area contributed by atoms with Gasteiger partial charge in [0.05, 0.1) is 10.8 Å². The molecule has 0 radical (unpaired) electrons. The fourth-order valence-corrected chi connectivity index (χ4v) is 4.74. The molecule has 1 aliphatic carbocycles. The summed E-state index contributed by atoms with van der Waals surface area (Å²) in [5.41, 5.74) is 2.76. The number of rotatable bonds is 3. The number of amides is 2. The fourth-order valence-electron chi connectivity index (χ4n) is 3.96. The summed E-state index contributed by atoms with van der Waals surface area (Å²) in [4.78, 5) is 23.5. The largest absolute Gasteiger partial charge is 0.294 e. The third-order valence-corrected chi connectivity index (χ3v) is 5.97. The highest BCUT2D eigenvalue weighted by atomic mass is 32.2. The molecule has 0 saturated carbocycles. The molecule has 134 valence electrons. The van der Waals surface area contributed by atoms with E-state index in [1.165, 1.54) is 6.07 Å². The Balaban J connectivity index is 1.86. The Hall–Kier alpha value is -2.55. The molecular weight excluding hydrogens is 358 g/mol. The van der Waals surface area contributed by atoms with Crippen LogP contribution in [-0.2, 0) is 19.7 Å². The number of carbonyl (C=O) groups is 2. The molecule has 2 N–H and O–H groups in total. The first-order valence-electron chi connectivity index (χ1n) is 8.04. The molecular formula is C18H15NO6S. The highest BCUT2D eigenvalue weighted by Gasteiger charge is 2.42. The Kier molecular flexibility index (Phi) is 3.72. The monoisotopic (exact) mass is 373 g/mol. The molecule has 7 nitrogen and oxygen atoms in total. The number of hydrogen-bond acceptors (Lipinski definition) is 5. The third-order valence-electron chi connectivity index (χ3n) is 5.05. The van der Waals surface area contributed by atoms with E-state index in [4.69, 9.17) is 0 Å². The highest BCUT2D eigenvalue weighted by molar-refractivity contribution is 7.85. The van der Waals surface area contributed by atoms with Crippen LogP contribution in [0.2, 0.25) is 0 Å². The SMILES string of the molecule is O=C1CC(CC2c3ccccc3-c3cccc(S(=O)(=O)O)c32)C(=O)N1O. The van der Waals surface area contributed by atoms with Gasteiger partial charge in [0.1, 0.15) is 0 Å². The highest BCUT2D eigenvalue weighted by Crippen LogP contribution is 2.50. The second-order valence-electron chi connectivity index (χ2n) is 6.51. The van der Waals surface area contributed by atoms with Crippen molar-refractivity contribution in [3.8, 4) is 11.1 Å². The fraction of sp³-hybridized carbons (Fsp3) is 0.222. The minimum atomic E-state index is -4.46. The van der Waals surface area contributed by atoms with E-state index in [1.54, 1.807) is 12.1 Å². The van der Waals surface area contributed by atoms with Crippen LogP contribution < -0.4 is 0 Å². The maximum atomic E-state index is 12.1. The van der Waals surface area contributed by atoms with Crippen molar-refractivity contribution in [2.45, 2.75) is 23.7 Å². The van der Waals surface area contributed by atoms with Crippen molar-refractivity contribution >= 4 is 21.9 Å². The van der Waals surface area contributed by atoms with Crippen LogP contribution in [-0.4, -0.2) is 35.1 Å². The minimum Gasteiger partial charge on any atom is -0.282 e. The number of fused-ring (bicyclic) bond motifs is 3. The van der Waals surface area contributed by atoms with Gasteiger partial charge in [-0.15, -0.1) is 0 Å². The average Bonchev–Trinajstić information content (AvgIpc) is 3.05. The van der Waals surface area contributed by atoms with Gasteiger partial charge in [-0.05, 0) is 34.7 Å². The van der Waals surface area contributed by atoms with E-state index in [1.807, 2.05) is 24.3 Å². The molecule has 2 aliphatic rings. The molecule has 8 heteroatoms. The Labute approximate surface area is 149 Å². The van der Waals surface area contributed by atoms with Crippen LogP contribution in [0.25, 0.3) is 11.1 Å². The van der Waals surface area contributed by atoms with Gasteiger partial charge in [0.25, 0.3) is 21.9 Å². The molecule has 0 bridgehead atoms. The third kappa shape index (κ3) is 2.45. The number of carbonyl (C=O) groups excluding carboxylic acids is 2. The molecule has 2 unspecified atom stereocenters. The molecule has 2 aromatic rings. The first-order chi connectivity index (χ1) is 12.3. The molecule has 0 aromatic heterocycles. The summed E-state index contributed by atoms with van der Waals surface area (Å²) < 4.78 is 33.4. The smallest absolute Gasteiger partial charge is 0.282 e. The standard InChI is InChI=1S/C18H15NO6S/c20-16-9-10(18(21)19(16)22)8-14-12-5-2-1-4-11(12)13-6-3-7-15(17(13)14)26(23,24)25/h1-7,10,14,22H,8-9H2,(H,23,24,25). The lowest BCUT2D eigenvalue weighted by molar-refractivity contribution is -0.172. The predicted molar refractivity (Wildman–Crippen MR) is 89.9 cm³/mol. The van der Waals surface area contributed by atoms with Crippen LogP contribution >= 0.6 is 0 Å². The minimum absolute atomic E-state index is 0.126. The van der Waals surface area contributed by atoms with E-state index in [-0.39, 0.29) is 22.8 Å². The summed E-state index contributed by atoms with van der Waals surface area (Å²) in [5, 5.41) is 9.61. The Morgan fingerprint density at radius 2 is 1.73 bits per heavy atom. The van der Waals surface area contributed by atoms with Gasteiger partial charge in [0.15, 0.2) is 0 Å². The van der Waals surface area contributed by atoms with Crippen LogP contribution in [0.3, 0.4) is 0 Å². The molecule has 2 aromatic carbocycles. The summed E-state index contributed by atoms with van der Waals surface area (Å²) in [6.07, 6.45) is 0.0373. The van der Waals surface area contributed by atoms with Crippen molar-refractivity contribution in [3.05, 3.63) is 53.6 Å². The zero-order chi connectivity index (χ0) is 18.6. The predicted octanol–water partition coefficient (Wildman–Crippen LogP) is 2.20. The van der Waals surface area contributed by atoms with Crippen LogP contribution in [0, 0.1) is 5.92 Å². The van der Waals surface area contributed by atoms with Crippen molar-refractivity contribution < 1.29 is 27.8 Å². The summed E-state index contributed by atoms with van der Waals surface area (Å²) in [6, 6.07) is 12.0. The Morgan fingerprint density at radius 3 is 2.38 bits per heavy atom. The molecule has 2 atom stereocenters. The molecule has 4 rings (SSSR count). The van der Waals surface area contributed by atoms with Gasteiger partial charge in [0.2, 0.25) is 0 Å². The van der Waals surface area contributed by atoms with Gasteiger partial charge in [-0.2, -0.15) is 13.5 Å². The number of hydrogen-bond donors (Lipinski definition) is 2. The summed E-state index contributed by atoms with van der Waals surface area (Å²) in [6.45, 7) is 0. The van der Waals surface area contributed by atoms with Gasteiger partial charge in [-0.3, -0.25) is 19.3 Å². The Morgan fingerprint density at radius 1 is 1.04 bits per heavy atom. The second kappa shape index (κ2) is 5.73. The van der Waals surface area contributed by atoms with E-state index < -0.39 is 33.8 Å². The van der Waals surface area contributed by atoms with E-state index in [2.05, 4.69) is 0 Å². The van der Waals surface area contributed by atoms with Crippen molar-refractivity contribution in [2.75, 3.05) is 0 Å². The van der Waals surface area contributed by atoms with Gasteiger partial charge in [0, 0.05) is 12.3 Å². The normalized spacial score (nSPS) is 21.8. The van der Waals surface area contributed by atoms with Crippen LogP contribution in [0.15, 0.2) is 47.4 Å². The number of benzene rings is 2. The molecule has 1 saturated heterocycles. The van der Waals surface area contributed by atoms with Crippen LogP contribution in [0.5, 0.6) is 0 Å². The summed E-state index contributed by atoms with van der Waals surface area (Å²) in [7, 11) is -4.46. The molecule has 2 amide bonds. The lowest BCUT2D eigenvalue weighted by atomic mass is 9.86. The molecule has 26 heavy (non-hydrogen) atoms. The van der Waals surface area contributed by atoms with Crippen molar-refractivity contribution in [1.29, 1.82) is 0 Å². The first kappa shape index (κ1) is 16.9. The maximum absolute atomic E-state index is 12.1. The quantitative estimate of drug-likeness (QED) is 0.485. The second-order valence-corrected chi connectivity index (χ2v) is 7.90. The molecule has 1 aliphatic heterocycles. The first-order valence-corrected chi connectivity index (χ1v) is 9.48. The topological polar surface area (TPSA) is 112 Å². The average molecular weight is 373 g/mol. The zero-order valence-electron chi connectivity index (χ0n) is 13.5. The van der Waals surface area contributed by atoms with E-state index in [0.29, 0.717) is 11.1 Å². The van der Waals surface area contributed by atoms with E-state index in [9.17, 15) is 27.8 Å². The summed E-state index contributed by atoms with van der Waals surface area (Å²) >= 11 is 0. The number of imide groups is 1. The molecule has 0 spiro atoms. The Bertz CT molecular complexity index is 1050. The van der Waals surface area contributed by atoms with Gasteiger partial charge in [-0.25, -0.2) is 0 Å². The molecule has 1 fully saturated rings. The lowest BCUT2D eigenvalue weighted by Crippen LogP contribution is -2.27. The van der Waals surface area contributed by atoms with E-state index >= 15 is 0 Å². The van der Waals surface area contributed by atoms with Crippen LogP contribution in [0.1, 0.15) is 29.9 Å². The van der Waals surface area contributed by atoms with Crippen LogP contribution in [0.4, 0.5) is 0 Å². The molecule has 1 heterocycles. The van der Waals surface area contributed by atoms with Crippen molar-refractivity contribution in [2.24, 2.45) is 5.92 Å². The number of hydroxylamine groups is 2. The van der Waals surface area contributed by atoms with Crippen molar-refractivity contribution in [1.82, 2.24) is 5.06 Å². The van der Waals surface area contributed by atoms with Crippen molar-refractivity contribution in [3.63, 3.8) is 0 Å². The maximum Gasteiger partial charge on any atom is 0.294 e. The summed E-state index contributed by atoms with van der Waals surface area (Å²) in [5.74, 6) is -2.58. The van der Waals surface area contributed by atoms with Gasteiger partial charge >= 0.3 is 0 Å². The van der Waals surface area contributed by atoms with Gasteiger partial charge in [-0.1, -0.05) is 36.4 Å². The lowest BCUT2D eigenvalue weighted by Gasteiger charge is -2.18.